The van der Waals surface area contributed by atoms with Crippen LogP contribution in [0.5, 0.6) is 0 Å². The molecule has 2 heterocycles. The Kier molecular flexibility index (Phi) is 2.81. The zero-order valence-corrected chi connectivity index (χ0v) is 8.64. The van der Waals surface area contributed by atoms with Crippen LogP contribution in [0.25, 0.3) is 0 Å². The molecule has 0 aromatic carbocycles. The van der Waals surface area contributed by atoms with E-state index < -0.39 is 30.9 Å². The molecule has 0 amide bonds. The van der Waals surface area contributed by atoms with Gasteiger partial charge in [-0.15, -0.1) is 0 Å². The monoisotopic (exact) mass is 252 g/mol. The van der Waals surface area contributed by atoms with Gasteiger partial charge >= 0.3 is 6.18 Å². The van der Waals surface area contributed by atoms with Crippen LogP contribution in [-0.4, -0.2) is 28.9 Å². The minimum atomic E-state index is -4.55. The Morgan fingerprint density at radius 1 is 1.29 bits per heavy atom. The van der Waals surface area contributed by atoms with E-state index in [2.05, 4.69) is 4.98 Å². The molecule has 0 radical (unpaired) electrons. The Hall–Kier alpha value is -1.24. The van der Waals surface area contributed by atoms with Gasteiger partial charge in [0, 0.05) is 12.7 Å². The standard InChI is InChI=1S/C10H9F5N2/c11-9(12)5-17(6-9)4-7-2-1-3-16-8(7)10(13,14)15/h1-3H,4-6H2. The van der Waals surface area contributed by atoms with Crippen molar-refractivity contribution in [3.8, 4) is 0 Å². The van der Waals surface area contributed by atoms with Gasteiger partial charge in [0.2, 0.25) is 0 Å². The van der Waals surface area contributed by atoms with Gasteiger partial charge in [-0.2, -0.15) is 13.2 Å². The summed E-state index contributed by atoms with van der Waals surface area (Å²) in [4.78, 5) is 4.51. The molecule has 2 rings (SSSR count). The number of likely N-dealkylation sites (tertiary alicyclic amines) is 1. The van der Waals surface area contributed by atoms with E-state index in [0.29, 0.717) is 0 Å². The van der Waals surface area contributed by atoms with Crippen molar-refractivity contribution in [2.75, 3.05) is 13.1 Å². The Morgan fingerprint density at radius 2 is 1.94 bits per heavy atom. The van der Waals surface area contributed by atoms with Gasteiger partial charge in [0.05, 0.1) is 13.1 Å². The largest absolute Gasteiger partial charge is 0.433 e. The van der Waals surface area contributed by atoms with Gasteiger partial charge in [-0.1, -0.05) is 6.07 Å². The van der Waals surface area contributed by atoms with Crippen molar-refractivity contribution < 1.29 is 22.0 Å². The van der Waals surface area contributed by atoms with Gasteiger partial charge in [0.25, 0.3) is 5.92 Å². The molecule has 1 fully saturated rings. The number of aromatic nitrogens is 1. The number of nitrogens with zero attached hydrogens (tertiary/aromatic N) is 2. The summed E-state index contributed by atoms with van der Waals surface area (Å²) >= 11 is 0. The first-order valence-electron chi connectivity index (χ1n) is 4.89. The molecule has 0 N–H and O–H groups in total. The van der Waals surface area contributed by atoms with E-state index in [0.717, 1.165) is 6.20 Å². The summed E-state index contributed by atoms with van der Waals surface area (Å²) < 4.78 is 62.7. The molecule has 94 valence electrons. The molecule has 1 aromatic rings. The molecule has 1 saturated heterocycles. The first-order valence-corrected chi connectivity index (χ1v) is 4.89. The second kappa shape index (κ2) is 3.90. The summed E-state index contributed by atoms with van der Waals surface area (Å²) in [6.45, 7) is -1.16. The topological polar surface area (TPSA) is 16.1 Å². The molecule has 1 aliphatic rings. The Balaban J connectivity index is 2.12. The first kappa shape index (κ1) is 12.2. The Labute approximate surface area is 94.1 Å². The smallest absolute Gasteiger partial charge is 0.287 e. The summed E-state index contributed by atoms with van der Waals surface area (Å²) in [7, 11) is 0. The highest BCUT2D eigenvalue weighted by molar-refractivity contribution is 5.22. The van der Waals surface area contributed by atoms with E-state index in [-0.39, 0.29) is 12.1 Å². The van der Waals surface area contributed by atoms with Crippen molar-refractivity contribution in [3.05, 3.63) is 29.6 Å². The predicted octanol–water partition coefficient (Wildman–Crippen LogP) is 2.55. The average Bonchev–Trinajstić information content (AvgIpc) is 2.14. The molecule has 0 unspecified atom stereocenters. The summed E-state index contributed by atoms with van der Waals surface area (Å²) in [6.07, 6.45) is -3.51. The molecule has 1 aliphatic heterocycles. The minimum absolute atomic E-state index is 0.0736. The van der Waals surface area contributed by atoms with Crippen molar-refractivity contribution in [1.29, 1.82) is 0 Å². The van der Waals surface area contributed by atoms with E-state index in [1.807, 2.05) is 0 Å². The van der Waals surface area contributed by atoms with E-state index in [4.69, 9.17) is 0 Å². The van der Waals surface area contributed by atoms with E-state index >= 15 is 0 Å². The molecule has 0 aliphatic carbocycles. The SMILES string of the molecule is FC1(F)CN(Cc2cccnc2C(F)(F)F)C1. The number of pyridine rings is 1. The molecule has 1 aromatic heterocycles. The van der Waals surface area contributed by atoms with Gasteiger partial charge in [-0.3, -0.25) is 9.88 Å². The molecule has 0 atom stereocenters. The van der Waals surface area contributed by atoms with Crippen molar-refractivity contribution in [2.45, 2.75) is 18.6 Å². The summed E-state index contributed by atoms with van der Waals surface area (Å²) in [6, 6.07) is 2.62. The van der Waals surface area contributed by atoms with Gasteiger partial charge in [-0.25, -0.2) is 8.78 Å². The predicted molar refractivity (Wildman–Crippen MR) is 49.5 cm³/mol. The minimum Gasteiger partial charge on any atom is -0.287 e. The Morgan fingerprint density at radius 3 is 2.47 bits per heavy atom. The van der Waals surface area contributed by atoms with Crippen LogP contribution >= 0.6 is 0 Å². The normalized spacial score (nSPS) is 20.1. The van der Waals surface area contributed by atoms with Crippen LogP contribution in [0.1, 0.15) is 11.3 Å². The van der Waals surface area contributed by atoms with Gasteiger partial charge in [0.1, 0.15) is 5.69 Å². The zero-order valence-electron chi connectivity index (χ0n) is 8.64. The molecule has 17 heavy (non-hydrogen) atoms. The van der Waals surface area contributed by atoms with Crippen LogP contribution in [0.4, 0.5) is 22.0 Å². The molecule has 0 bridgehead atoms. The van der Waals surface area contributed by atoms with E-state index in [1.54, 1.807) is 0 Å². The number of hydrogen-bond donors (Lipinski definition) is 0. The fourth-order valence-electron chi connectivity index (χ4n) is 1.78. The first-order chi connectivity index (χ1) is 7.78. The van der Waals surface area contributed by atoms with Crippen LogP contribution < -0.4 is 0 Å². The van der Waals surface area contributed by atoms with Crippen molar-refractivity contribution in [2.24, 2.45) is 0 Å². The van der Waals surface area contributed by atoms with Crippen LogP contribution in [0.15, 0.2) is 18.3 Å². The lowest BCUT2D eigenvalue weighted by Crippen LogP contribution is -2.55. The third-order valence-electron chi connectivity index (χ3n) is 2.46. The maximum atomic E-state index is 12.5. The third kappa shape index (κ3) is 2.71. The molecule has 2 nitrogen and oxygen atoms in total. The van der Waals surface area contributed by atoms with Crippen molar-refractivity contribution in [1.82, 2.24) is 9.88 Å². The molecule has 0 saturated carbocycles. The quantitative estimate of drug-likeness (QED) is 0.752. The van der Waals surface area contributed by atoms with Crippen LogP contribution in [-0.2, 0) is 12.7 Å². The molecule has 0 spiro atoms. The lowest BCUT2D eigenvalue weighted by molar-refractivity contribution is -0.146. The summed E-state index contributed by atoms with van der Waals surface area (Å²) in [5.41, 5.74) is -1.08. The number of halogens is 5. The Bertz CT molecular complexity index is 407. The fourth-order valence-corrected chi connectivity index (χ4v) is 1.78. The second-order valence-electron chi connectivity index (χ2n) is 4.01. The highest BCUT2D eigenvalue weighted by Crippen LogP contribution is 2.33. The van der Waals surface area contributed by atoms with Crippen LogP contribution in [0.3, 0.4) is 0 Å². The lowest BCUT2D eigenvalue weighted by Gasteiger charge is -2.38. The highest BCUT2D eigenvalue weighted by Gasteiger charge is 2.44. The van der Waals surface area contributed by atoms with Crippen LogP contribution in [0.2, 0.25) is 0 Å². The fraction of sp³-hybridized carbons (Fsp3) is 0.500. The number of alkyl halides is 5. The second-order valence-corrected chi connectivity index (χ2v) is 4.01. The van der Waals surface area contributed by atoms with Gasteiger partial charge in [-0.05, 0) is 11.6 Å². The van der Waals surface area contributed by atoms with Crippen LogP contribution in [0, 0.1) is 0 Å². The lowest BCUT2D eigenvalue weighted by atomic mass is 10.1. The van der Waals surface area contributed by atoms with Gasteiger partial charge in [0.15, 0.2) is 0 Å². The molecular weight excluding hydrogens is 243 g/mol. The van der Waals surface area contributed by atoms with E-state index in [9.17, 15) is 22.0 Å². The zero-order chi connectivity index (χ0) is 12.7. The highest BCUT2D eigenvalue weighted by atomic mass is 19.4. The average molecular weight is 252 g/mol. The number of rotatable bonds is 2. The molecular formula is C10H9F5N2. The van der Waals surface area contributed by atoms with Crippen molar-refractivity contribution in [3.63, 3.8) is 0 Å². The van der Waals surface area contributed by atoms with E-state index in [1.165, 1.54) is 17.0 Å². The summed E-state index contributed by atoms with van der Waals surface area (Å²) in [5, 5.41) is 0. The molecule has 7 heteroatoms. The van der Waals surface area contributed by atoms with Crippen molar-refractivity contribution >= 4 is 0 Å². The maximum absolute atomic E-state index is 12.5. The number of hydrogen-bond acceptors (Lipinski definition) is 2. The van der Waals surface area contributed by atoms with Gasteiger partial charge < -0.3 is 0 Å². The summed E-state index contributed by atoms with van der Waals surface area (Å²) in [5.74, 6) is -2.78. The third-order valence-corrected chi connectivity index (χ3v) is 2.46. The maximum Gasteiger partial charge on any atom is 0.433 e.